The number of fused-ring (bicyclic) bond motifs is 1. The number of halogens is 3. The predicted octanol–water partition coefficient (Wildman–Crippen LogP) is 1.93. The molecule has 108 valence electrons. The Kier molecular flexibility index (Phi) is 3.41. The second kappa shape index (κ2) is 5.09. The minimum atomic E-state index is -1.14. The van der Waals surface area contributed by atoms with Crippen LogP contribution in [0.25, 0.3) is 0 Å². The number of rotatable bonds is 1. The zero-order chi connectivity index (χ0) is 14.3. The molecular formula is C14H15F3N2O. The van der Waals surface area contributed by atoms with Crippen molar-refractivity contribution in [1.29, 1.82) is 0 Å². The average Bonchev–Trinajstić information content (AvgIpc) is 2.81. The number of likely N-dealkylation sites (tertiary alicyclic amines) is 1. The maximum absolute atomic E-state index is 13.6. The molecule has 2 saturated heterocycles. The van der Waals surface area contributed by atoms with Gasteiger partial charge in [-0.25, -0.2) is 13.2 Å². The number of nitrogens with zero attached hydrogens (tertiary/aromatic N) is 1. The number of benzene rings is 1. The SMILES string of the molecule is O=C(c1c(F)cc(F)cc1F)N1C[C@@H]2CCCN[C@@H]2C1. The maximum atomic E-state index is 13.6. The van der Waals surface area contributed by atoms with Crippen molar-refractivity contribution in [1.82, 2.24) is 10.2 Å². The molecule has 2 atom stereocenters. The Hall–Kier alpha value is -1.56. The van der Waals surface area contributed by atoms with Crippen LogP contribution in [0.5, 0.6) is 0 Å². The molecule has 2 aliphatic rings. The highest BCUT2D eigenvalue weighted by Crippen LogP contribution is 2.27. The van der Waals surface area contributed by atoms with E-state index in [1.54, 1.807) is 0 Å². The molecule has 2 aliphatic heterocycles. The quantitative estimate of drug-likeness (QED) is 0.854. The zero-order valence-corrected chi connectivity index (χ0v) is 10.8. The molecular weight excluding hydrogens is 269 g/mol. The van der Waals surface area contributed by atoms with E-state index in [1.165, 1.54) is 4.90 Å². The summed E-state index contributed by atoms with van der Waals surface area (Å²) in [5.41, 5.74) is -0.662. The summed E-state index contributed by atoms with van der Waals surface area (Å²) in [6.07, 6.45) is 2.05. The molecule has 3 rings (SSSR count). The molecule has 1 aromatic carbocycles. The summed E-state index contributed by atoms with van der Waals surface area (Å²) < 4.78 is 40.2. The molecule has 1 aromatic rings. The van der Waals surface area contributed by atoms with Crippen molar-refractivity contribution in [2.24, 2.45) is 5.92 Å². The van der Waals surface area contributed by atoms with Gasteiger partial charge in [-0.1, -0.05) is 0 Å². The molecule has 1 N–H and O–H groups in total. The highest BCUT2D eigenvalue weighted by molar-refractivity contribution is 5.95. The topological polar surface area (TPSA) is 32.3 Å². The first-order valence-corrected chi connectivity index (χ1v) is 6.73. The van der Waals surface area contributed by atoms with E-state index in [0.29, 0.717) is 31.1 Å². The highest BCUT2D eigenvalue weighted by Gasteiger charge is 2.38. The van der Waals surface area contributed by atoms with Crippen LogP contribution >= 0.6 is 0 Å². The fourth-order valence-corrected chi connectivity index (χ4v) is 3.12. The number of amides is 1. The van der Waals surface area contributed by atoms with Crippen LogP contribution in [-0.2, 0) is 0 Å². The van der Waals surface area contributed by atoms with Crippen molar-refractivity contribution >= 4 is 5.91 Å². The van der Waals surface area contributed by atoms with E-state index in [4.69, 9.17) is 0 Å². The molecule has 20 heavy (non-hydrogen) atoms. The van der Waals surface area contributed by atoms with Gasteiger partial charge in [0.15, 0.2) is 0 Å². The smallest absolute Gasteiger partial charge is 0.259 e. The van der Waals surface area contributed by atoms with Gasteiger partial charge < -0.3 is 10.2 Å². The van der Waals surface area contributed by atoms with Crippen molar-refractivity contribution in [2.45, 2.75) is 18.9 Å². The summed E-state index contributed by atoms with van der Waals surface area (Å²) in [6, 6.07) is 1.27. The second-order valence-electron chi connectivity index (χ2n) is 5.42. The predicted molar refractivity (Wildman–Crippen MR) is 66.7 cm³/mol. The van der Waals surface area contributed by atoms with E-state index in [0.717, 1.165) is 19.4 Å². The van der Waals surface area contributed by atoms with Crippen LogP contribution in [0.2, 0.25) is 0 Å². The molecule has 2 fully saturated rings. The number of nitrogens with one attached hydrogen (secondary N) is 1. The Bertz CT molecular complexity index is 512. The van der Waals surface area contributed by atoms with Crippen molar-refractivity contribution in [3.63, 3.8) is 0 Å². The van der Waals surface area contributed by atoms with Crippen molar-refractivity contribution in [3.05, 3.63) is 35.1 Å². The van der Waals surface area contributed by atoms with Gasteiger partial charge in [0.2, 0.25) is 0 Å². The van der Waals surface area contributed by atoms with E-state index in [9.17, 15) is 18.0 Å². The lowest BCUT2D eigenvalue weighted by Crippen LogP contribution is -2.41. The van der Waals surface area contributed by atoms with Crippen LogP contribution in [0, 0.1) is 23.4 Å². The lowest BCUT2D eigenvalue weighted by atomic mass is 9.94. The van der Waals surface area contributed by atoms with Gasteiger partial charge in [0.1, 0.15) is 23.0 Å². The normalized spacial score (nSPS) is 25.6. The third-order valence-electron chi connectivity index (χ3n) is 4.11. The van der Waals surface area contributed by atoms with Crippen molar-refractivity contribution in [3.8, 4) is 0 Å². The van der Waals surface area contributed by atoms with Crippen LogP contribution in [0.15, 0.2) is 12.1 Å². The molecule has 6 heteroatoms. The summed E-state index contributed by atoms with van der Waals surface area (Å²) in [5.74, 6) is -3.67. The second-order valence-corrected chi connectivity index (χ2v) is 5.42. The number of hydrogen-bond acceptors (Lipinski definition) is 2. The number of carbonyl (C=O) groups is 1. The Morgan fingerprint density at radius 3 is 2.55 bits per heavy atom. The maximum Gasteiger partial charge on any atom is 0.259 e. The molecule has 0 bridgehead atoms. The summed E-state index contributed by atoms with van der Waals surface area (Å²) in [5, 5.41) is 3.31. The molecule has 0 aromatic heterocycles. The molecule has 0 saturated carbocycles. The highest BCUT2D eigenvalue weighted by atomic mass is 19.1. The summed E-state index contributed by atoms with van der Waals surface area (Å²) in [4.78, 5) is 13.7. The largest absolute Gasteiger partial charge is 0.337 e. The lowest BCUT2D eigenvalue weighted by molar-refractivity contribution is 0.0775. The van der Waals surface area contributed by atoms with Crippen LogP contribution in [0.1, 0.15) is 23.2 Å². The van der Waals surface area contributed by atoms with Gasteiger partial charge in [0.05, 0.1) is 0 Å². The fraction of sp³-hybridized carbons (Fsp3) is 0.500. The van der Waals surface area contributed by atoms with E-state index >= 15 is 0 Å². The molecule has 2 heterocycles. The van der Waals surface area contributed by atoms with Crippen molar-refractivity contribution in [2.75, 3.05) is 19.6 Å². The van der Waals surface area contributed by atoms with Crippen LogP contribution in [0.4, 0.5) is 13.2 Å². The molecule has 1 amide bonds. The van der Waals surface area contributed by atoms with Gasteiger partial charge >= 0.3 is 0 Å². The van der Waals surface area contributed by atoms with E-state index in [1.807, 2.05) is 0 Å². The number of carbonyl (C=O) groups excluding carboxylic acids is 1. The van der Waals surface area contributed by atoms with E-state index in [2.05, 4.69) is 5.32 Å². The fourth-order valence-electron chi connectivity index (χ4n) is 3.12. The lowest BCUT2D eigenvalue weighted by Gasteiger charge is -2.24. The number of piperidine rings is 1. The minimum Gasteiger partial charge on any atom is -0.337 e. The summed E-state index contributed by atoms with van der Waals surface area (Å²) >= 11 is 0. The molecule has 0 unspecified atom stereocenters. The molecule has 3 nitrogen and oxygen atoms in total. The standard InChI is InChI=1S/C14H15F3N2O/c15-9-4-10(16)13(11(17)5-9)14(20)19-6-8-2-1-3-18-12(8)7-19/h4-5,8,12,18H,1-3,6-7H2/t8-,12+/m0/s1. The van der Waals surface area contributed by atoms with Gasteiger partial charge in [0, 0.05) is 31.3 Å². The first-order valence-electron chi connectivity index (χ1n) is 6.73. The first kappa shape index (κ1) is 13.4. The molecule has 0 aliphatic carbocycles. The molecule has 0 spiro atoms. The Labute approximate surface area is 114 Å². The van der Waals surface area contributed by atoms with E-state index in [-0.39, 0.29) is 6.04 Å². The monoisotopic (exact) mass is 284 g/mol. The Balaban J connectivity index is 1.83. The van der Waals surface area contributed by atoms with Crippen LogP contribution in [0.3, 0.4) is 0 Å². The number of hydrogen-bond donors (Lipinski definition) is 1. The van der Waals surface area contributed by atoms with Crippen LogP contribution in [-0.4, -0.2) is 36.5 Å². The summed E-state index contributed by atoms with van der Waals surface area (Å²) in [7, 11) is 0. The minimum absolute atomic E-state index is 0.194. The van der Waals surface area contributed by atoms with Gasteiger partial charge in [-0.3, -0.25) is 4.79 Å². The van der Waals surface area contributed by atoms with Gasteiger partial charge in [-0.2, -0.15) is 0 Å². The van der Waals surface area contributed by atoms with Gasteiger partial charge in [-0.05, 0) is 25.3 Å². The Morgan fingerprint density at radius 2 is 1.90 bits per heavy atom. The van der Waals surface area contributed by atoms with Crippen molar-refractivity contribution < 1.29 is 18.0 Å². The third-order valence-corrected chi connectivity index (χ3v) is 4.11. The van der Waals surface area contributed by atoms with E-state index < -0.39 is 28.9 Å². The van der Waals surface area contributed by atoms with Crippen LogP contribution < -0.4 is 5.32 Å². The molecule has 0 radical (unpaired) electrons. The summed E-state index contributed by atoms with van der Waals surface area (Å²) in [6.45, 7) is 1.84. The zero-order valence-electron chi connectivity index (χ0n) is 10.8. The average molecular weight is 284 g/mol. The van der Waals surface area contributed by atoms with Gasteiger partial charge in [0.25, 0.3) is 5.91 Å². The third kappa shape index (κ3) is 2.28. The first-order chi connectivity index (χ1) is 9.56. The van der Waals surface area contributed by atoms with Gasteiger partial charge in [-0.15, -0.1) is 0 Å². The Morgan fingerprint density at radius 1 is 1.20 bits per heavy atom.